The number of benzene rings is 6. The summed E-state index contributed by atoms with van der Waals surface area (Å²) in [6.07, 6.45) is 11.5. The fourth-order valence-corrected chi connectivity index (χ4v) is 9.60. The minimum atomic E-state index is -0.284. The Morgan fingerprint density at radius 3 is 2.24 bits per heavy atom. The standard InChI is InChI=1S/C48H37N3/c1-47(2)40-18-9-8-17-37(40)43-45(47)50-46(42(49-43)32-22-21-31-20-19-29-12-4-6-15-34(29)38(31)26-32)51-41-27-33-14-10-11-25-48(33,3)28-39(41)36-24-23-30-13-5-7-16-35(30)44(36)51/h4-24,26,28,41H,25,27H2,1-3H3. The van der Waals surface area contributed by atoms with E-state index in [-0.39, 0.29) is 16.9 Å². The van der Waals surface area contributed by atoms with Crippen molar-refractivity contribution in [2.75, 3.05) is 4.90 Å². The number of anilines is 2. The maximum absolute atomic E-state index is 5.84. The van der Waals surface area contributed by atoms with E-state index in [1.165, 1.54) is 65.8 Å². The molecule has 11 rings (SSSR count). The van der Waals surface area contributed by atoms with E-state index in [9.17, 15) is 0 Å². The normalized spacial score (nSPS) is 20.8. The molecule has 0 saturated heterocycles. The number of nitrogens with zero attached hydrogens (tertiary/aromatic N) is 3. The van der Waals surface area contributed by atoms with E-state index in [0.29, 0.717) is 0 Å². The molecular formula is C48H37N3. The molecular weight excluding hydrogens is 619 g/mol. The van der Waals surface area contributed by atoms with E-state index >= 15 is 0 Å². The van der Waals surface area contributed by atoms with Gasteiger partial charge in [0.05, 0.1) is 23.1 Å². The number of rotatable bonds is 2. The first-order valence-electron chi connectivity index (χ1n) is 18.2. The third-order valence-corrected chi connectivity index (χ3v) is 12.3. The van der Waals surface area contributed by atoms with Crippen molar-refractivity contribution >= 4 is 49.4 Å². The molecule has 3 nitrogen and oxygen atoms in total. The lowest BCUT2D eigenvalue weighted by atomic mass is 9.68. The van der Waals surface area contributed by atoms with Crippen LogP contribution in [0, 0.1) is 5.41 Å². The SMILES string of the molecule is CC12C=C3c4ccc5ccccc5c4N(c4nc5c(nc4-c4ccc6ccc7ccccc7c6c4)-c4ccccc4C5(C)C)C3CC1=CC=CC2. The Labute approximate surface area is 298 Å². The molecule has 0 fully saturated rings. The molecule has 2 atom stereocenters. The lowest BCUT2D eigenvalue weighted by Gasteiger charge is -2.40. The van der Waals surface area contributed by atoms with Crippen molar-refractivity contribution in [1.29, 1.82) is 0 Å². The van der Waals surface area contributed by atoms with E-state index in [1.807, 2.05) is 0 Å². The summed E-state index contributed by atoms with van der Waals surface area (Å²) in [6.45, 7) is 7.03. The van der Waals surface area contributed by atoms with Crippen LogP contribution in [-0.2, 0) is 5.41 Å². The molecule has 1 aliphatic heterocycles. The van der Waals surface area contributed by atoms with Gasteiger partial charge in [-0.05, 0) is 57.0 Å². The Kier molecular flexibility index (Phi) is 5.76. The van der Waals surface area contributed by atoms with Gasteiger partial charge in [-0.3, -0.25) is 0 Å². The highest BCUT2D eigenvalue weighted by Crippen LogP contribution is 2.58. The topological polar surface area (TPSA) is 29.0 Å². The van der Waals surface area contributed by atoms with Crippen LogP contribution in [0.3, 0.4) is 0 Å². The van der Waals surface area contributed by atoms with E-state index in [1.54, 1.807) is 0 Å². The molecule has 6 aromatic carbocycles. The monoisotopic (exact) mass is 655 g/mol. The highest BCUT2D eigenvalue weighted by molar-refractivity contribution is 6.10. The molecule has 1 aromatic heterocycles. The highest BCUT2D eigenvalue weighted by atomic mass is 15.3. The van der Waals surface area contributed by atoms with Gasteiger partial charge in [0.2, 0.25) is 0 Å². The molecule has 51 heavy (non-hydrogen) atoms. The van der Waals surface area contributed by atoms with E-state index in [2.05, 4.69) is 165 Å². The van der Waals surface area contributed by atoms with Gasteiger partial charge in [-0.25, -0.2) is 9.97 Å². The Bertz CT molecular complexity index is 2760. The maximum atomic E-state index is 5.84. The van der Waals surface area contributed by atoms with Crippen LogP contribution in [0.1, 0.15) is 50.4 Å². The van der Waals surface area contributed by atoms with Crippen molar-refractivity contribution < 1.29 is 0 Å². The summed E-state index contributed by atoms with van der Waals surface area (Å²) in [5, 5.41) is 7.46. The summed E-state index contributed by atoms with van der Waals surface area (Å²) >= 11 is 0. The molecule has 0 bridgehead atoms. The molecule has 2 heterocycles. The summed E-state index contributed by atoms with van der Waals surface area (Å²) in [7, 11) is 0. The molecule has 0 amide bonds. The second-order valence-corrected chi connectivity index (χ2v) is 15.6. The number of fused-ring (bicyclic) bond motifs is 12. The molecule has 0 radical (unpaired) electrons. The lowest BCUT2D eigenvalue weighted by Crippen LogP contribution is -2.36. The van der Waals surface area contributed by atoms with Gasteiger partial charge < -0.3 is 4.90 Å². The van der Waals surface area contributed by atoms with Gasteiger partial charge in [0.1, 0.15) is 5.69 Å². The summed E-state index contributed by atoms with van der Waals surface area (Å²) in [4.78, 5) is 14.2. The van der Waals surface area contributed by atoms with Crippen LogP contribution in [0.2, 0.25) is 0 Å². The maximum Gasteiger partial charge on any atom is 0.160 e. The van der Waals surface area contributed by atoms with E-state index < -0.39 is 0 Å². The lowest BCUT2D eigenvalue weighted by molar-refractivity contribution is 0.472. The Morgan fingerprint density at radius 1 is 0.667 bits per heavy atom. The van der Waals surface area contributed by atoms with Crippen LogP contribution in [0.4, 0.5) is 11.5 Å². The molecule has 7 aromatic rings. The van der Waals surface area contributed by atoms with Crippen LogP contribution in [-0.4, -0.2) is 16.0 Å². The number of aromatic nitrogens is 2. The summed E-state index contributed by atoms with van der Waals surface area (Å²) < 4.78 is 0. The van der Waals surface area contributed by atoms with Crippen molar-refractivity contribution in [2.24, 2.45) is 5.41 Å². The van der Waals surface area contributed by atoms with Gasteiger partial charge in [0.15, 0.2) is 5.82 Å². The smallest absolute Gasteiger partial charge is 0.160 e. The third-order valence-electron chi connectivity index (χ3n) is 12.3. The summed E-state index contributed by atoms with van der Waals surface area (Å²) in [6, 6.07) is 42.4. The predicted molar refractivity (Wildman–Crippen MR) is 212 cm³/mol. The van der Waals surface area contributed by atoms with Crippen LogP contribution in [0.5, 0.6) is 0 Å². The molecule has 244 valence electrons. The van der Waals surface area contributed by atoms with Gasteiger partial charge in [0.25, 0.3) is 0 Å². The molecule has 2 unspecified atom stereocenters. The third kappa shape index (κ3) is 3.95. The van der Waals surface area contributed by atoms with Crippen molar-refractivity contribution in [3.63, 3.8) is 0 Å². The van der Waals surface area contributed by atoms with E-state index in [4.69, 9.17) is 9.97 Å². The number of hydrogen-bond acceptors (Lipinski definition) is 3. The van der Waals surface area contributed by atoms with Gasteiger partial charge in [-0.15, -0.1) is 0 Å². The Morgan fingerprint density at radius 2 is 1.37 bits per heavy atom. The van der Waals surface area contributed by atoms with Crippen LogP contribution in [0.25, 0.3) is 60.4 Å². The Balaban J connectivity index is 1.24. The summed E-state index contributed by atoms with van der Waals surface area (Å²) in [5.74, 6) is 0.941. The van der Waals surface area contributed by atoms with Crippen LogP contribution >= 0.6 is 0 Å². The van der Waals surface area contributed by atoms with Crippen LogP contribution < -0.4 is 4.90 Å². The van der Waals surface area contributed by atoms with Crippen LogP contribution in [0.15, 0.2) is 145 Å². The second-order valence-electron chi connectivity index (χ2n) is 15.6. The largest absolute Gasteiger partial charge is 0.316 e. The minimum absolute atomic E-state index is 0.00892. The molecule has 4 aliphatic rings. The molecule has 0 spiro atoms. The first kappa shape index (κ1) is 29.0. The average Bonchev–Trinajstić information content (AvgIpc) is 3.60. The van der Waals surface area contributed by atoms with Gasteiger partial charge in [-0.1, -0.05) is 160 Å². The predicted octanol–water partition coefficient (Wildman–Crippen LogP) is 12.1. The van der Waals surface area contributed by atoms with Crippen molar-refractivity contribution in [2.45, 2.75) is 45.1 Å². The first-order chi connectivity index (χ1) is 24.9. The Hall–Kier alpha value is -5.80. The average molecular weight is 656 g/mol. The minimum Gasteiger partial charge on any atom is -0.316 e. The summed E-state index contributed by atoms with van der Waals surface area (Å²) in [5.41, 5.74) is 11.7. The molecule has 0 saturated carbocycles. The second kappa shape index (κ2) is 10.1. The molecule has 3 heteroatoms. The number of hydrogen-bond donors (Lipinski definition) is 0. The van der Waals surface area contributed by atoms with E-state index in [0.717, 1.165) is 41.3 Å². The van der Waals surface area contributed by atoms with Crippen molar-refractivity contribution in [3.8, 4) is 22.5 Å². The first-order valence-corrected chi connectivity index (χ1v) is 18.2. The quantitative estimate of drug-likeness (QED) is 0.174. The fourth-order valence-electron chi connectivity index (χ4n) is 9.60. The zero-order valence-electron chi connectivity index (χ0n) is 29.1. The van der Waals surface area contributed by atoms with Crippen molar-refractivity contribution in [1.82, 2.24) is 9.97 Å². The zero-order valence-corrected chi connectivity index (χ0v) is 29.1. The van der Waals surface area contributed by atoms with Crippen molar-refractivity contribution in [3.05, 3.63) is 162 Å². The van der Waals surface area contributed by atoms with Gasteiger partial charge >= 0.3 is 0 Å². The molecule has 0 N–H and O–H groups in total. The highest BCUT2D eigenvalue weighted by Gasteiger charge is 2.47. The fraction of sp³-hybridized carbons (Fsp3) is 0.167. The van der Waals surface area contributed by atoms with Gasteiger partial charge in [0, 0.05) is 32.9 Å². The zero-order chi connectivity index (χ0) is 34.1. The number of allylic oxidation sites excluding steroid dienone is 4. The molecule has 3 aliphatic carbocycles. The van der Waals surface area contributed by atoms with Gasteiger partial charge in [-0.2, -0.15) is 0 Å².